The third-order valence-corrected chi connectivity index (χ3v) is 5.87. The number of primary amides is 1. The molecule has 1 aromatic rings. The zero-order valence-corrected chi connectivity index (χ0v) is 15.1. The van der Waals surface area contributed by atoms with Gasteiger partial charge >= 0.3 is 5.97 Å². The Morgan fingerprint density at radius 2 is 1.78 bits per heavy atom. The summed E-state index contributed by atoms with van der Waals surface area (Å²) in [5.41, 5.74) is 4.04. The van der Waals surface area contributed by atoms with Crippen molar-refractivity contribution in [1.29, 1.82) is 0 Å². The minimum atomic E-state index is -1.79. The minimum absolute atomic E-state index is 0.0497. The fraction of sp³-hybridized carbons (Fsp3) is 0.600. The van der Waals surface area contributed by atoms with E-state index in [4.69, 9.17) is 19.9 Å². The third-order valence-electron chi connectivity index (χ3n) is 5.87. The quantitative estimate of drug-likeness (QED) is 0.778. The molecule has 1 heterocycles. The van der Waals surface area contributed by atoms with E-state index in [1.54, 1.807) is 30.3 Å². The summed E-state index contributed by atoms with van der Waals surface area (Å²) in [7, 11) is 0. The number of nitrogens with two attached hydrogens (primary N) is 1. The molecule has 4 rings (SSSR count). The van der Waals surface area contributed by atoms with E-state index in [1.807, 2.05) is 0 Å². The van der Waals surface area contributed by atoms with Crippen molar-refractivity contribution in [3.05, 3.63) is 35.9 Å². The van der Waals surface area contributed by atoms with E-state index in [-0.39, 0.29) is 12.8 Å². The number of amides is 1. The largest absolute Gasteiger partial charge is 0.456 e. The molecule has 0 unspecified atom stereocenters. The Morgan fingerprint density at radius 3 is 2.44 bits per heavy atom. The Hall–Kier alpha value is -1.96. The van der Waals surface area contributed by atoms with Crippen LogP contribution in [0.25, 0.3) is 0 Å². The summed E-state index contributed by atoms with van der Waals surface area (Å²) in [6.07, 6.45) is 2.72. The van der Waals surface area contributed by atoms with Crippen molar-refractivity contribution in [2.24, 2.45) is 5.73 Å². The van der Waals surface area contributed by atoms with E-state index >= 15 is 0 Å². The zero-order valence-electron chi connectivity index (χ0n) is 15.1. The van der Waals surface area contributed by atoms with Crippen molar-refractivity contribution in [3.8, 4) is 0 Å². The summed E-state index contributed by atoms with van der Waals surface area (Å²) in [4.78, 5) is 24.4. The van der Waals surface area contributed by atoms with Gasteiger partial charge in [-0.15, -0.1) is 0 Å². The molecule has 7 heteroatoms. The van der Waals surface area contributed by atoms with Crippen molar-refractivity contribution in [2.75, 3.05) is 0 Å². The van der Waals surface area contributed by atoms with E-state index in [0.717, 1.165) is 32.1 Å². The summed E-state index contributed by atoms with van der Waals surface area (Å²) >= 11 is 0. The lowest BCUT2D eigenvalue weighted by Gasteiger charge is -2.39. The summed E-state index contributed by atoms with van der Waals surface area (Å²) in [6, 6.07) is 8.59. The highest BCUT2D eigenvalue weighted by Gasteiger charge is 2.59. The van der Waals surface area contributed by atoms with Crippen molar-refractivity contribution >= 4 is 11.9 Å². The predicted molar refractivity (Wildman–Crippen MR) is 94.6 cm³/mol. The van der Waals surface area contributed by atoms with Crippen LogP contribution in [0.5, 0.6) is 0 Å². The number of carbonyl (C=O) groups is 2. The monoisotopic (exact) mass is 375 g/mol. The van der Waals surface area contributed by atoms with Gasteiger partial charge in [0.1, 0.15) is 17.8 Å². The van der Waals surface area contributed by atoms with Crippen LogP contribution in [0.1, 0.15) is 55.3 Å². The van der Waals surface area contributed by atoms with Crippen LogP contribution >= 0.6 is 0 Å². The first-order chi connectivity index (χ1) is 12.9. The average Bonchev–Trinajstić information content (AvgIpc) is 3.00. The third kappa shape index (κ3) is 3.47. The fourth-order valence-electron chi connectivity index (χ4n) is 4.45. The van der Waals surface area contributed by atoms with Crippen LogP contribution in [0.15, 0.2) is 30.3 Å². The first-order valence-corrected chi connectivity index (χ1v) is 9.55. The summed E-state index contributed by atoms with van der Waals surface area (Å²) in [5.74, 6) is -2.08. The molecule has 0 radical (unpaired) electrons. The molecule has 2 saturated carbocycles. The van der Waals surface area contributed by atoms with Crippen LogP contribution in [0.3, 0.4) is 0 Å². The molecule has 0 bridgehead atoms. The zero-order chi connectivity index (χ0) is 19.1. The first kappa shape index (κ1) is 18.4. The number of benzene rings is 1. The van der Waals surface area contributed by atoms with Crippen LogP contribution in [0, 0.1) is 0 Å². The van der Waals surface area contributed by atoms with Gasteiger partial charge in [0.15, 0.2) is 5.79 Å². The van der Waals surface area contributed by atoms with Crippen LogP contribution in [-0.4, -0.2) is 46.7 Å². The molecule has 1 aromatic carbocycles. The lowest BCUT2D eigenvalue weighted by Crippen LogP contribution is -2.58. The number of ether oxygens (including phenoxy) is 3. The summed E-state index contributed by atoms with van der Waals surface area (Å²) in [5, 5.41) is 10.7. The highest BCUT2D eigenvalue weighted by Crippen LogP contribution is 2.47. The Morgan fingerprint density at radius 1 is 1.07 bits per heavy atom. The molecule has 1 saturated heterocycles. The van der Waals surface area contributed by atoms with E-state index in [1.165, 1.54) is 0 Å². The fourth-order valence-corrected chi connectivity index (χ4v) is 4.45. The molecule has 3 N–H and O–H groups in total. The van der Waals surface area contributed by atoms with E-state index in [9.17, 15) is 14.7 Å². The number of hydrogen-bond donors (Lipinski definition) is 2. The Bertz CT molecular complexity index is 716. The number of fused-ring (bicyclic) bond motifs is 1. The van der Waals surface area contributed by atoms with Gasteiger partial charge in [0, 0.05) is 25.7 Å². The molecule has 146 valence electrons. The number of esters is 1. The average molecular weight is 375 g/mol. The summed E-state index contributed by atoms with van der Waals surface area (Å²) in [6.45, 7) is 0. The Balaban J connectivity index is 1.58. The lowest BCUT2D eigenvalue weighted by atomic mass is 9.79. The molecule has 4 atom stereocenters. The highest BCUT2D eigenvalue weighted by molar-refractivity contribution is 5.89. The van der Waals surface area contributed by atoms with Gasteiger partial charge in [0.05, 0.1) is 11.7 Å². The maximum Gasteiger partial charge on any atom is 0.338 e. The SMILES string of the molecule is NC(=O)[C@]1(O)C[C@H](OC(=O)c2ccccc2)[C@H]2OC3(CCCCC3)O[C@H]2C1. The van der Waals surface area contributed by atoms with Crippen molar-refractivity contribution < 1.29 is 28.9 Å². The van der Waals surface area contributed by atoms with Crippen LogP contribution < -0.4 is 5.73 Å². The van der Waals surface area contributed by atoms with Crippen molar-refractivity contribution in [3.63, 3.8) is 0 Å². The van der Waals surface area contributed by atoms with Gasteiger partial charge in [0.2, 0.25) is 5.91 Å². The topological polar surface area (TPSA) is 108 Å². The number of rotatable bonds is 3. The molecule has 7 nitrogen and oxygen atoms in total. The second-order valence-electron chi connectivity index (χ2n) is 7.82. The Labute approximate surface area is 157 Å². The molecule has 3 fully saturated rings. The standard InChI is InChI=1S/C20H25NO6/c21-18(23)19(24)11-14(25-17(22)13-7-3-1-4-8-13)16-15(12-19)26-20(27-16)9-5-2-6-10-20/h1,3-4,7-8,14-16,24H,2,5-6,9-12H2,(H2,21,23)/t14-,15-,16+,19-/m0/s1. The van der Waals surface area contributed by atoms with Gasteiger partial charge in [-0.25, -0.2) is 4.79 Å². The molecule has 1 spiro atoms. The maximum absolute atomic E-state index is 12.5. The van der Waals surface area contributed by atoms with Crippen LogP contribution in [-0.2, 0) is 19.0 Å². The van der Waals surface area contributed by atoms with E-state index in [2.05, 4.69) is 0 Å². The van der Waals surface area contributed by atoms with Crippen LogP contribution in [0.4, 0.5) is 0 Å². The molecular formula is C20H25NO6. The van der Waals surface area contributed by atoms with E-state index in [0.29, 0.717) is 5.56 Å². The molecular weight excluding hydrogens is 350 g/mol. The van der Waals surface area contributed by atoms with Gasteiger partial charge in [0.25, 0.3) is 0 Å². The van der Waals surface area contributed by atoms with Gasteiger partial charge in [-0.3, -0.25) is 4.79 Å². The number of aliphatic hydroxyl groups is 1. The van der Waals surface area contributed by atoms with Gasteiger partial charge in [-0.2, -0.15) is 0 Å². The molecule has 1 aliphatic heterocycles. The smallest absolute Gasteiger partial charge is 0.338 e. The molecule has 2 aliphatic carbocycles. The second kappa shape index (κ2) is 6.89. The maximum atomic E-state index is 12.5. The number of carbonyl (C=O) groups excluding carboxylic acids is 2. The van der Waals surface area contributed by atoms with E-state index < -0.39 is 41.6 Å². The normalized spacial score (nSPS) is 34.8. The molecule has 1 amide bonds. The summed E-state index contributed by atoms with van der Waals surface area (Å²) < 4.78 is 18.1. The molecule has 0 aromatic heterocycles. The Kier molecular flexibility index (Phi) is 4.70. The van der Waals surface area contributed by atoms with Gasteiger partial charge in [-0.05, 0) is 25.0 Å². The van der Waals surface area contributed by atoms with Gasteiger partial charge < -0.3 is 25.1 Å². The highest BCUT2D eigenvalue weighted by atomic mass is 16.8. The number of hydrogen-bond acceptors (Lipinski definition) is 6. The first-order valence-electron chi connectivity index (χ1n) is 9.55. The molecule has 3 aliphatic rings. The van der Waals surface area contributed by atoms with Gasteiger partial charge in [-0.1, -0.05) is 24.6 Å². The van der Waals surface area contributed by atoms with Crippen molar-refractivity contribution in [2.45, 2.75) is 74.6 Å². The van der Waals surface area contributed by atoms with Crippen molar-refractivity contribution in [1.82, 2.24) is 0 Å². The second-order valence-corrected chi connectivity index (χ2v) is 7.82. The lowest BCUT2D eigenvalue weighted by molar-refractivity contribution is -0.198. The predicted octanol–water partition coefficient (Wildman–Crippen LogP) is 1.67. The van der Waals surface area contributed by atoms with Crippen LogP contribution in [0.2, 0.25) is 0 Å². The minimum Gasteiger partial charge on any atom is -0.456 e. The molecule has 27 heavy (non-hydrogen) atoms.